The molecular formula is C27H32N2O2. The maximum atomic E-state index is 13.0. The van der Waals surface area contributed by atoms with Crippen molar-refractivity contribution in [3.63, 3.8) is 0 Å². The second-order valence-electron chi connectivity index (χ2n) is 10.0. The van der Waals surface area contributed by atoms with Gasteiger partial charge in [-0.3, -0.25) is 9.59 Å². The summed E-state index contributed by atoms with van der Waals surface area (Å²) in [4.78, 5) is 25.6. The third kappa shape index (κ3) is 4.26. The Morgan fingerprint density at radius 3 is 2.13 bits per heavy atom. The van der Waals surface area contributed by atoms with E-state index in [9.17, 15) is 9.59 Å². The van der Waals surface area contributed by atoms with E-state index in [-0.39, 0.29) is 17.2 Å². The number of hydrogen-bond donors (Lipinski definition) is 2. The summed E-state index contributed by atoms with van der Waals surface area (Å²) in [5.41, 5.74) is 2.83. The van der Waals surface area contributed by atoms with Crippen LogP contribution in [0, 0.1) is 23.2 Å². The van der Waals surface area contributed by atoms with Crippen molar-refractivity contribution in [3.05, 3.63) is 54.6 Å². The molecule has 31 heavy (non-hydrogen) atoms. The SMILES string of the molecule is O=C(CCCNC(=O)C12CC3CC(CC(C3)C1)C2)Nc1ccccc1-c1ccccc1. The van der Waals surface area contributed by atoms with E-state index in [4.69, 9.17) is 0 Å². The predicted molar refractivity (Wildman–Crippen MR) is 123 cm³/mol. The topological polar surface area (TPSA) is 58.2 Å². The first-order chi connectivity index (χ1) is 15.1. The zero-order valence-electron chi connectivity index (χ0n) is 18.1. The van der Waals surface area contributed by atoms with Crippen LogP contribution in [-0.4, -0.2) is 18.4 Å². The second-order valence-corrected chi connectivity index (χ2v) is 10.0. The molecule has 6 rings (SSSR count). The van der Waals surface area contributed by atoms with Crippen molar-refractivity contribution in [2.45, 2.75) is 51.4 Å². The van der Waals surface area contributed by atoms with Crippen molar-refractivity contribution >= 4 is 17.5 Å². The van der Waals surface area contributed by atoms with Crippen LogP contribution in [0.25, 0.3) is 11.1 Å². The summed E-state index contributed by atoms with van der Waals surface area (Å²) in [6.07, 6.45) is 8.36. The first-order valence-corrected chi connectivity index (χ1v) is 11.8. The fraction of sp³-hybridized carbons (Fsp3) is 0.481. The molecule has 0 radical (unpaired) electrons. The molecule has 2 amide bonds. The Balaban J connectivity index is 1.11. The zero-order valence-corrected chi connectivity index (χ0v) is 18.1. The van der Waals surface area contributed by atoms with Crippen LogP contribution in [0.15, 0.2) is 54.6 Å². The summed E-state index contributed by atoms with van der Waals surface area (Å²) in [5, 5.41) is 6.23. The number of para-hydroxylation sites is 1. The number of benzene rings is 2. The highest BCUT2D eigenvalue weighted by molar-refractivity contribution is 5.95. The quantitative estimate of drug-likeness (QED) is 0.593. The van der Waals surface area contributed by atoms with Gasteiger partial charge in [-0.1, -0.05) is 48.5 Å². The molecule has 2 aromatic rings. The van der Waals surface area contributed by atoms with Gasteiger partial charge >= 0.3 is 0 Å². The van der Waals surface area contributed by atoms with Crippen LogP contribution >= 0.6 is 0 Å². The first kappa shape index (κ1) is 20.3. The molecule has 0 atom stereocenters. The summed E-state index contributed by atoms with van der Waals surface area (Å²) < 4.78 is 0. The fourth-order valence-electron chi connectivity index (χ4n) is 6.70. The molecule has 0 aromatic heterocycles. The van der Waals surface area contributed by atoms with E-state index in [0.717, 1.165) is 53.8 Å². The van der Waals surface area contributed by atoms with Crippen LogP contribution in [-0.2, 0) is 9.59 Å². The highest BCUT2D eigenvalue weighted by Crippen LogP contribution is 2.60. The fourth-order valence-corrected chi connectivity index (χ4v) is 6.70. The minimum Gasteiger partial charge on any atom is -0.356 e. The Labute approximate surface area is 184 Å². The van der Waals surface area contributed by atoms with E-state index in [0.29, 0.717) is 19.4 Å². The third-order valence-electron chi connectivity index (χ3n) is 7.67. The van der Waals surface area contributed by atoms with Crippen molar-refractivity contribution in [2.75, 3.05) is 11.9 Å². The van der Waals surface area contributed by atoms with Gasteiger partial charge in [-0.25, -0.2) is 0 Å². The average Bonchev–Trinajstić information content (AvgIpc) is 2.76. The van der Waals surface area contributed by atoms with Crippen LogP contribution in [0.2, 0.25) is 0 Å². The van der Waals surface area contributed by atoms with E-state index in [2.05, 4.69) is 10.6 Å². The van der Waals surface area contributed by atoms with E-state index in [1.54, 1.807) is 0 Å². The Bertz CT molecular complexity index is 917. The van der Waals surface area contributed by atoms with Crippen molar-refractivity contribution in [1.29, 1.82) is 0 Å². The highest BCUT2D eigenvalue weighted by Gasteiger charge is 2.54. The van der Waals surface area contributed by atoms with Gasteiger partial charge in [0.1, 0.15) is 0 Å². The highest BCUT2D eigenvalue weighted by atomic mass is 16.2. The van der Waals surface area contributed by atoms with Crippen molar-refractivity contribution in [2.24, 2.45) is 23.2 Å². The van der Waals surface area contributed by atoms with Gasteiger partial charge in [0, 0.05) is 29.6 Å². The second kappa shape index (κ2) is 8.49. The van der Waals surface area contributed by atoms with Gasteiger partial charge in [0.25, 0.3) is 0 Å². The van der Waals surface area contributed by atoms with Gasteiger partial charge in [0.2, 0.25) is 11.8 Å². The first-order valence-electron chi connectivity index (χ1n) is 11.8. The number of anilines is 1. The lowest BCUT2D eigenvalue weighted by atomic mass is 9.49. The van der Waals surface area contributed by atoms with Gasteiger partial charge in [-0.05, 0) is 74.3 Å². The maximum Gasteiger partial charge on any atom is 0.226 e. The van der Waals surface area contributed by atoms with Crippen LogP contribution in [0.3, 0.4) is 0 Å². The molecule has 4 nitrogen and oxygen atoms in total. The normalized spacial score (nSPS) is 28.3. The molecule has 0 spiro atoms. The lowest BCUT2D eigenvalue weighted by Gasteiger charge is -2.55. The molecule has 4 aliphatic rings. The number of carbonyl (C=O) groups is 2. The summed E-state index contributed by atoms with van der Waals surface area (Å²) >= 11 is 0. The minimum absolute atomic E-state index is 0.00700. The zero-order chi connectivity index (χ0) is 21.3. The molecule has 0 aliphatic heterocycles. The monoisotopic (exact) mass is 416 g/mol. The van der Waals surface area contributed by atoms with Gasteiger partial charge in [0.15, 0.2) is 0 Å². The number of rotatable bonds is 7. The molecule has 2 N–H and O–H groups in total. The van der Waals surface area contributed by atoms with Gasteiger partial charge < -0.3 is 10.6 Å². The van der Waals surface area contributed by atoms with E-state index in [1.165, 1.54) is 19.3 Å². The summed E-state index contributed by atoms with van der Waals surface area (Å²) in [6.45, 7) is 0.578. The van der Waals surface area contributed by atoms with E-state index >= 15 is 0 Å². The van der Waals surface area contributed by atoms with Crippen LogP contribution in [0.1, 0.15) is 51.4 Å². The van der Waals surface area contributed by atoms with Crippen LogP contribution < -0.4 is 10.6 Å². The molecule has 2 aromatic carbocycles. The number of hydrogen-bond acceptors (Lipinski definition) is 2. The Hall–Kier alpha value is -2.62. The Kier molecular flexibility index (Phi) is 5.56. The molecule has 0 heterocycles. The molecule has 4 saturated carbocycles. The summed E-state index contributed by atoms with van der Waals surface area (Å²) in [7, 11) is 0. The lowest BCUT2D eigenvalue weighted by Crippen LogP contribution is -2.53. The molecule has 4 bridgehead atoms. The largest absolute Gasteiger partial charge is 0.356 e. The molecule has 4 heteroatoms. The van der Waals surface area contributed by atoms with Crippen molar-refractivity contribution < 1.29 is 9.59 Å². The van der Waals surface area contributed by atoms with Crippen molar-refractivity contribution in [3.8, 4) is 11.1 Å². The summed E-state index contributed by atoms with van der Waals surface area (Å²) in [6, 6.07) is 18.0. The number of nitrogens with one attached hydrogen (secondary N) is 2. The molecule has 0 saturated heterocycles. The average molecular weight is 417 g/mol. The molecule has 4 aliphatic carbocycles. The Morgan fingerprint density at radius 2 is 1.45 bits per heavy atom. The van der Waals surface area contributed by atoms with Crippen LogP contribution in [0.4, 0.5) is 5.69 Å². The van der Waals surface area contributed by atoms with Crippen molar-refractivity contribution in [1.82, 2.24) is 5.32 Å². The number of amides is 2. The van der Waals surface area contributed by atoms with Gasteiger partial charge in [-0.15, -0.1) is 0 Å². The Morgan fingerprint density at radius 1 is 0.839 bits per heavy atom. The van der Waals surface area contributed by atoms with Crippen LogP contribution in [0.5, 0.6) is 0 Å². The third-order valence-corrected chi connectivity index (χ3v) is 7.67. The smallest absolute Gasteiger partial charge is 0.226 e. The molecule has 4 fully saturated rings. The number of carbonyl (C=O) groups excluding carboxylic acids is 2. The van der Waals surface area contributed by atoms with Gasteiger partial charge in [0.05, 0.1) is 0 Å². The van der Waals surface area contributed by atoms with Gasteiger partial charge in [-0.2, -0.15) is 0 Å². The standard InChI is InChI=1S/C27H32N2O2/c30-25(29-24-10-5-4-9-23(24)22-7-2-1-3-8-22)11-6-12-28-26(31)27-16-19-13-20(17-27)15-21(14-19)18-27/h1-5,7-10,19-21H,6,11-18H2,(H,28,31)(H,29,30). The van der Waals surface area contributed by atoms with E-state index < -0.39 is 0 Å². The summed E-state index contributed by atoms with van der Waals surface area (Å²) in [5.74, 6) is 2.56. The predicted octanol–water partition coefficient (Wildman–Crippen LogP) is 5.40. The molecular weight excluding hydrogens is 384 g/mol. The lowest BCUT2D eigenvalue weighted by molar-refractivity contribution is -0.146. The van der Waals surface area contributed by atoms with E-state index in [1.807, 2.05) is 54.6 Å². The maximum absolute atomic E-state index is 13.0. The minimum atomic E-state index is -0.106. The molecule has 162 valence electrons. The molecule has 0 unspecified atom stereocenters.